The molecule has 1 aliphatic rings. The van der Waals surface area contributed by atoms with E-state index in [-0.39, 0.29) is 33.0 Å². The lowest BCUT2D eigenvalue weighted by molar-refractivity contribution is -0.151. The Kier molecular flexibility index (Phi) is 7.07. The third-order valence-electron chi connectivity index (χ3n) is 2.01. The molecule has 2 N–H and O–H groups in total. The van der Waals surface area contributed by atoms with Crippen LogP contribution in [-0.4, -0.2) is 69.5 Å². The molecule has 1 amide bonds. The molecule has 0 aromatic rings. The van der Waals surface area contributed by atoms with Gasteiger partial charge in [-0.2, -0.15) is 0 Å². The van der Waals surface area contributed by atoms with Gasteiger partial charge < -0.3 is 29.4 Å². The van der Waals surface area contributed by atoms with Crippen LogP contribution in [0.1, 0.15) is 0 Å². The fourth-order valence-corrected chi connectivity index (χ4v) is 1.19. The van der Waals surface area contributed by atoms with Crippen molar-refractivity contribution in [3.05, 3.63) is 0 Å². The Bertz CT molecular complexity index is 271. The van der Waals surface area contributed by atoms with E-state index in [0.717, 1.165) is 0 Å². The Morgan fingerprint density at radius 2 is 2.17 bits per heavy atom. The highest BCUT2D eigenvalue weighted by atomic mass is 16.6. The Morgan fingerprint density at radius 3 is 2.83 bits per heavy atom. The number of ether oxygens (including phenoxy) is 4. The quantitative estimate of drug-likeness (QED) is 0.392. The van der Waals surface area contributed by atoms with Crippen molar-refractivity contribution in [2.24, 2.45) is 0 Å². The van der Waals surface area contributed by atoms with Crippen LogP contribution in [0, 0.1) is 0 Å². The molecule has 1 saturated heterocycles. The van der Waals surface area contributed by atoms with Crippen LogP contribution in [0.4, 0.5) is 4.79 Å². The van der Waals surface area contributed by atoms with Crippen molar-refractivity contribution in [2.45, 2.75) is 6.10 Å². The first kappa shape index (κ1) is 14.7. The number of alkyl carbamates (subject to hydrolysis) is 1. The summed E-state index contributed by atoms with van der Waals surface area (Å²) in [5.74, 6) is -0.528. The normalized spacial score (nSPS) is 18.3. The topological polar surface area (TPSA) is 103 Å². The van der Waals surface area contributed by atoms with Crippen molar-refractivity contribution in [3.8, 4) is 0 Å². The zero-order valence-corrected chi connectivity index (χ0v) is 9.92. The van der Waals surface area contributed by atoms with Gasteiger partial charge in [0.1, 0.15) is 13.2 Å². The van der Waals surface area contributed by atoms with Gasteiger partial charge >= 0.3 is 12.1 Å². The van der Waals surface area contributed by atoms with Crippen LogP contribution in [0.2, 0.25) is 0 Å². The lowest BCUT2D eigenvalue weighted by atomic mass is 10.4. The van der Waals surface area contributed by atoms with E-state index in [4.69, 9.17) is 24.1 Å². The van der Waals surface area contributed by atoms with Gasteiger partial charge in [-0.1, -0.05) is 0 Å². The molecule has 0 bridgehead atoms. The molecule has 0 aliphatic carbocycles. The molecule has 1 heterocycles. The first-order chi connectivity index (χ1) is 8.72. The Hall–Kier alpha value is -1.38. The van der Waals surface area contributed by atoms with E-state index in [1.165, 1.54) is 0 Å². The van der Waals surface area contributed by atoms with Crippen molar-refractivity contribution in [2.75, 3.05) is 46.2 Å². The fraction of sp³-hybridized carbons (Fsp3) is 0.800. The minimum absolute atomic E-state index is 0.0158. The third-order valence-corrected chi connectivity index (χ3v) is 2.01. The van der Waals surface area contributed by atoms with Gasteiger partial charge in [0.2, 0.25) is 0 Å². The van der Waals surface area contributed by atoms with E-state index < -0.39 is 18.2 Å². The molecule has 18 heavy (non-hydrogen) atoms. The third kappa shape index (κ3) is 6.38. The second kappa shape index (κ2) is 8.67. The Balaban J connectivity index is 1.92. The molecule has 8 heteroatoms. The summed E-state index contributed by atoms with van der Waals surface area (Å²) in [6.07, 6.45) is -0.942. The van der Waals surface area contributed by atoms with E-state index in [1.807, 2.05) is 0 Å². The number of amides is 1. The highest BCUT2D eigenvalue weighted by Crippen LogP contribution is 2.00. The Morgan fingerprint density at radius 1 is 1.39 bits per heavy atom. The summed E-state index contributed by atoms with van der Waals surface area (Å²) in [5.41, 5.74) is 0. The largest absolute Gasteiger partial charge is 0.460 e. The van der Waals surface area contributed by atoms with E-state index in [2.05, 4.69) is 5.32 Å². The van der Waals surface area contributed by atoms with E-state index in [0.29, 0.717) is 13.2 Å². The molecule has 8 nitrogen and oxygen atoms in total. The van der Waals surface area contributed by atoms with E-state index in [9.17, 15) is 9.59 Å². The number of aliphatic hydroxyl groups excluding tert-OH is 1. The summed E-state index contributed by atoms with van der Waals surface area (Å²) in [7, 11) is 0. The minimum atomic E-state index is -0.528. The van der Waals surface area contributed by atoms with E-state index in [1.54, 1.807) is 0 Å². The molecule has 0 unspecified atom stereocenters. The predicted molar refractivity (Wildman–Crippen MR) is 58.0 cm³/mol. The van der Waals surface area contributed by atoms with Crippen LogP contribution in [0.15, 0.2) is 0 Å². The highest BCUT2D eigenvalue weighted by molar-refractivity contribution is 5.71. The number of aliphatic hydroxyl groups is 1. The molecule has 0 radical (unpaired) electrons. The maximum atomic E-state index is 11.2. The summed E-state index contributed by atoms with van der Waals surface area (Å²) in [4.78, 5) is 21.8. The summed E-state index contributed by atoms with van der Waals surface area (Å²) < 4.78 is 19.5. The van der Waals surface area contributed by atoms with Gasteiger partial charge in [0.25, 0.3) is 0 Å². The number of carbonyl (C=O) groups is 2. The standard InChI is InChI=1S/C10H17NO7/c12-1-2-15-3-4-16-7-9(13)17-6-8-5-11-10(14)18-8/h8,12H,1-7H2,(H,11,14)/t8-/m0/s1. The highest BCUT2D eigenvalue weighted by Gasteiger charge is 2.23. The molecular formula is C10H17NO7. The molecule has 104 valence electrons. The molecule has 1 atom stereocenters. The van der Waals surface area contributed by atoms with Gasteiger partial charge in [0.15, 0.2) is 6.10 Å². The molecule has 1 aliphatic heterocycles. The first-order valence-electron chi connectivity index (χ1n) is 5.59. The van der Waals surface area contributed by atoms with Gasteiger partial charge in [0.05, 0.1) is 33.0 Å². The minimum Gasteiger partial charge on any atom is -0.460 e. The van der Waals surface area contributed by atoms with Gasteiger partial charge in [-0.25, -0.2) is 9.59 Å². The summed E-state index contributed by atoms with van der Waals surface area (Å²) in [6, 6.07) is 0. The molecule has 0 aromatic carbocycles. The van der Waals surface area contributed by atoms with Gasteiger partial charge in [-0.05, 0) is 0 Å². The van der Waals surface area contributed by atoms with Gasteiger partial charge in [0, 0.05) is 0 Å². The van der Waals surface area contributed by atoms with Crippen molar-refractivity contribution in [1.29, 1.82) is 0 Å². The van der Waals surface area contributed by atoms with E-state index >= 15 is 0 Å². The fourth-order valence-electron chi connectivity index (χ4n) is 1.19. The monoisotopic (exact) mass is 263 g/mol. The molecule has 0 saturated carbocycles. The lowest BCUT2D eigenvalue weighted by Gasteiger charge is -2.09. The summed E-state index contributed by atoms with van der Waals surface area (Å²) in [6.45, 7) is 0.914. The number of hydrogen-bond acceptors (Lipinski definition) is 7. The van der Waals surface area contributed by atoms with Crippen molar-refractivity contribution < 1.29 is 33.6 Å². The average molecular weight is 263 g/mol. The molecule has 0 aromatic heterocycles. The molecule has 1 rings (SSSR count). The van der Waals surface area contributed by atoms with Crippen molar-refractivity contribution in [3.63, 3.8) is 0 Å². The number of hydrogen-bond donors (Lipinski definition) is 2. The second-order valence-corrected chi connectivity index (χ2v) is 3.48. The molecule has 1 fully saturated rings. The van der Waals surface area contributed by atoms with Crippen LogP contribution in [0.3, 0.4) is 0 Å². The maximum absolute atomic E-state index is 11.2. The van der Waals surface area contributed by atoms with Crippen LogP contribution >= 0.6 is 0 Å². The summed E-state index contributed by atoms with van der Waals surface area (Å²) in [5, 5.41) is 10.9. The van der Waals surface area contributed by atoms with Crippen molar-refractivity contribution >= 4 is 12.1 Å². The Labute approximate surface area is 104 Å². The number of carbonyl (C=O) groups excluding carboxylic acids is 2. The SMILES string of the molecule is O=C(COCCOCCO)OC[C@@H]1CNC(=O)O1. The number of esters is 1. The average Bonchev–Trinajstić information content (AvgIpc) is 2.77. The van der Waals surface area contributed by atoms with Crippen LogP contribution in [0.5, 0.6) is 0 Å². The van der Waals surface area contributed by atoms with Gasteiger partial charge in [-0.15, -0.1) is 0 Å². The number of nitrogens with one attached hydrogen (secondary N) is 1. The smallest absolute Gasteiger partial charge is 0.407 e. The molecule has 0 spiro atoms. The zero-order chi connectivity index (χ0) is 13.2. The second-order valence-electron chi connectivity index (χ2n) is 3.48. The van der Waals surface area contributed by atoms with Crippen molar-refractivity contribution in [1.82, 2.24) is 5.32 Å². The van der Waals surface area contributed by atoms with Crippen LogP contribution < -0.4 is 5.32 Å². The number of cyclic esters (lactones) is 1. The predicted octanol–water partition coefficient (Wildman–Crippen LogP) is -1.34. The summed E-state index contributed by atoms with van der Waals surface area (Å²) >= 11 is 0. The molecular weight excluding hydrogens is 246 g/mol. The lowest BCUT2D eigenvalue weighted by Crippen LogP contribution is -2.24. The zero-order valence-electron chi connectivity index (χ0n) is 9.92. The first-order valence-corrected chi connectivity index (χ1v) is 5.59. The maximum Gasteiger partial charge on any atom is 0.407 e. The number of rotatable bonds is 9. The van der Waals surface area contributed by atoms with Crippen LogP contribution in [0.25, 0.3) is 0 Å². The van der Waals surface area contributed by atoms with Gasteiger partial charge in [-0.3, -0.25) is 0 Å². The van der Waals surface area contributed by atoms with Crippen LogP contribution in [-0.2, 0) is 23.7 Å².